The zero-order chi connectivity index (χ0) is 19.1. The molecular formula is C19H16N4O4. The van der Waals surface area contributed by atoms with Crippen LogP contribution in [0.2, 0.25) is 0 Å². The van der Waals surface area contributed by atoms with Crippen molar-refractivity contribution in [2.24, 2.45) is 4.99 Å². The molecule has 8 nitrogen and oxygen atoms in total. The Hall–Kier alpha value is -3.94. The molecule has 1 aromatic heterocycles. The van der Waals surface area contributed by atoms with E-state index in [0.717, 1.165) is 0 Å². The van der Waals surface area contributed by atoms with Crippen molar-refractivity contribution in [1.82, 2.24) is 5.32 Å². The molecule has 1 amide bonds. The van der Waals surface area contributed by atoms with E-state index in [1.807, 2.05) is 6.07 Å². The van der Waals surface area contributed by atoms with Crippen molar-refractivity contribution in [3.63, 3.8) is 0 Å². The van der Waals surface area contributed by atoms with E-state index in [0.29, 0.717) is 17.0 Å². The first kappa shape index (κ1) is 17.9. The van der Waals surface area contributed by atoms with Crippen molar-refractivity contribution in [3.8, 4) is 0 Å². The molecule has 27 heavy (non-hydrogen) atoms. The molecule has 2 N–H and O–H groups in total. The van der Waals surface area contributed by atoms with Crippen LogP contribution >= 0.6 is 0 Å². The van der Waals surface area contributed by atoms with Crippen LogP contribution in [0.1, 0.15) is 16.1 Å². The Labute approximate surface area is 154 Å². The Morgan fingerprint density at radius 1 is 1.04 bits per heavy atom. The first-order valence-corrected chi connectivity index (χ1v) is 8.06. The number of anilines is 1. The van der Waals surface area contributed by atoms with Gasteiger partial charge in [-0.15, -0.1) is 0 Å². The number of hydrogen-bond acceptors (Lipinski definition) is 5. The van der Waals surface area contributed by atoms with Crippen LogP contribution in [-0.4, -0.2) is 16.8 Å². The van der Waals surface area contributed by atoms with Crippen LogP contribution in [0.15, 0.2) is 82.4 Å². The second-order valence-corrected chi connectivity index (χ2v) is 5.49. The number of non-ortho nitro benzene ring substituents is 1. The summed E-state index contributed by atoms with van der Waals surface area (Å²) >= 11 is 0. The number of furan rings is 1. The topological polar surface area (TPSA) is 110 Å². The average molecular weight is 364 g/mol. The molecule has 1 heterocycles. The van der Waals surface area contributed by atoms with Gasteiger partial charge in [0.15, 0.2) is 0 Å². The molecule has 0 spiro atoms. The number of nitro groups is 1. The van der Waals surface area contributed by atoms with Crippen LogP contribution < -0.4 is 10.6 Å². The molecule has 0 saturated carbocycles. The molecular weight excluding hydrogens is 348 g/mol. The van der Waals surface area contributed by atoms with E-state index in [1.54, 1.807) is 36.4 Å². The summed E-state index contributed by atoms with van der Waals surface area (Å²) < 4.78 is 5.24. The number of rotatable bonds is 5. The summed E-state index contributed by atoms with van der Waals surface area (Å²) in [5.74, 6) is 0.504. The molecule has 0 bridgehead atoms. The third-order valence-electron chi connectivity index (χ3n) is 3.58. The maximum Gasteiger partial charge on any atom is 0.269 e. The lowest BCUT2D eigenvalue weighted by atomic mass is 10.2. The van der Waals surface area contributed by atoms with Crippen LogP contribution in [0.4, 0.5) is 11.4 Å². The van der Waals surface area contributed by atoms with Crippen molar-refractivity contribution in [2.75, 3.05) is 5.32 Å². The van der Waals surface area contributed by atoms with Gasteiger partial charge in [0.25, 0.3) is 11.6 Å². The van der Waals surface area contributed by atoms with Gasteiger partial charge in [0.2, 0.25) is 5.96 Å². The monoisotopic (exact) mass is 364 g/mol. The van der Waals surface area contributed by atoms with Gasteiger partial charge in [0.05, 0.1) is 11.2 Å². The number of amides is 1. The van der Waals surface area contributed by atoms with E-state index in [2.05, 4.69) is 15.6 Å². The van der Waals surface area contributed by atoms with Gasteiger partial charge in [-0.2, -0.15) is 0 Å². The molecule has 8 heteroatoms. The maximum atomic E-state index is 12.4. The Morgan fingerprint density at radius 2 is 1.78 bits per heavy atom. The van der Waals surface area contributed by atoms with Crippen LogP contribution in [-0.2, 0) is 6.54 Å². The van der Waals surface area contributed by atoms with Crippen molar-refractivity contribution < 1.29 is 14.1 Å². The van der Waals surface area contributed by atoms with Gasteiger partial charge < -0.3 is 9.73 Å². The van der Waals surface area contributed by atoms with E-state index in [9.17, 15) is 14.9 Å². The Bertz CT molecular complexity index is 936. The summed E-state index contributed by atoms with van der Waals surface area (Å²) in [4.78, 5) is 27.0. The first-order chi connectivity index (χ1) is 13.1. The second-order valence-electron chi connectivity index (χ2n) is 5.49. The number of guanidine groups is 1. The molecule has 0 aliphatic rings. The molecule has 0 atom stereocenters. The summed E-state index contributed by atoms with van der Waals surface area (Å²) in [5.41, 5.74) is 1.00. The largest absolute Gasteiger partial charge is 0.467 e. The van der Waals surface area contributed by atoms with Gasteiger partial charge in [0, 0.05) is 23.4 Å². The third-order valence-corrected chi connectivity index (χ3v) is 3.58. The lowest BCUT2D eigenvalue weighted by Crippen LogP contribution is -2.36. The predicted octanol–water partition coefficient (Wildman–Crippen LogP) is 3.59. The zero-order valence-corrected chi connectivity index (χ0v) is 14.2. The first-order valence-electron chi connectivity index (χ1n) is 8.06. The maximum absolute atomic E-state index is 12.4. The summed E-state index contributed by atoms with van der Waals surface area (Å²) in [6, 6.07) is 18.0. The van der Waals surface area contributed by atoms with Crippen LogP contribution in [0.5, 0.6) is 0 Å². The summed E-state index contributed by atoms with van der Waals surface area (Å²) in [5, 5.41) is 16.4. The van der Waals surface area contributed by atoms with Crippen LogP contribution in [0, 0.1) is 10.1 Å². The van der Waals surface area contributed by atoms with E-state index in [4.69, 9.17) is 4.42 Å². The summed E-state index contributed by atoms with van der Waals surface area (Å²) in [6.07, 6.45) is 1.54. The fraction of sp³-hybridized carbons (Fsp3) is 0.0526. The number of aliphatic imine (C=N–C) groups is 1. The number of hydrogen-bond donors (Lipinski definition) is 2. The predicted molar refractivity (Wildman–Crippen MR) is 100 cm³/mol. The highest BCUT2D eigenvalue weighted by Gasteiger charge is 2.10. The summed E-state index contributed by atoms with van der Waals surface area (Å²) in [6.45, 7) is 0.220. The number of benzene rings is 2. The van der Waals surface area contributed by atoms with E-state index in [-0.39, 0.29) is 24.1 Å². The number of nitrogens with zero attached hydrogens (tertiary/aromatic N) is 2. The molecule has 0 aliphatic carbocycles. The molecule has 0 saturated heterocycles. The Balaban J connectivity index is 1.77. The SMILES string of the molecule is O=C(NC(=NCc1ccco1)Nc1ccc([N+](=O)[O-])cc1)c1ccccc1. The zero-order valence-electron chi connectivity index (χ0n) is 14.2. The Morgan fingerprint density at radius 3 is 2.41 bits per heavy atom. The van der Waals surface area contributed by atoms with Crippen LogP contribution in [0.3, 0.4) is 0 Å². The number of carbonyl (C=O) groups excluding carboxylic acids is 1. The number of nitro benzene ring substituents is 1. The minimum Gasteiger partial charge on any atom is -0.467 e. The molecule has 2 aromatic carbocycles. The molecule has 3 rings (SSSR count). The van der Waals surface area contributed by atoms with Crippen LogP contribution in [0.25, 0.3) is 0 Å². The number of nitrogens with one attached hydrogen (secondary N) is 2. The molecule has 0 aliphatic heterocycles. The van der Waals surface area contributed by atoms with Crippen molar-refractivity contribution >= 4 is 23.2 Å². The third kappa shape index (κ3) is 5.02. The lowest BCUT2D eigenvalue weighted by Gasteiger charge is -2.11. The minimum atomic E-state index is -0.479. The minimum absolute atomic E-state index is 0.0251. The van der Waals surface area contributed by atoms with Gasteiger partial charge in [-0.25, -0.2) is 4.99 Å². The molecule has 0 fully saturated rings. The van der Waals surface area contributed by atoms with E-state index < -0.39 is 4.92 Å². The summed E-state index contributed by atoms with van der Waals surface area (Å²) in [7, 11) is 0. The molecule has 0 unspecified atom stereocenters. The van der Waals surface area contributed by atoms with Crippen molar-refractivity contribution in [3.05, 3.63) is 94.4 Å². The highest BCUT2D eigenvalue weighted by Crippen LogP contribution is 2.15. The fourth-order valence-corrected chi connectivity index (χ4v) is 2.24. The average Bonchev–Trinajstić information content (AvgIpc) is 3.21. The van der Waals surface area contributed by atoms with Gasteiger partial charge in [0.1, 0.15) is 12.3 Å². The quantitative estimate of drug-likeness (QED) is 0.311. The standard InChI is InChI=1S/C19H16N4O4/c24-18(14-5-2-1-3-6-14)22-19(20-13-17-7-4-12-27-17)21-15-8-10-16(11-9-15)23(25)26/h1-12H,13H2,(H2,20,21,22,24). The second kappa shape index (κ2) is 8.43. The normalized spacial score (nSPS) is 11.0. The molecule has 0 radical (unpaired) electrons. The Kier molecular flexibility index (Phi) is 5.58. The highest BCUT2D eigenvalue weighted by atomic mass is 16.6. The lowest BCUT2D eigenvalue weighted by molar-refractivity contribution is -0.384. The van der Waals surface area contributed by atoms with Crippen molar-refractivity contribution in [2.45, 2.75) is 6.54 Å². The van der Waals surface area contributed by atoms with Gasteiger partial charge in [-0.1, -0.05) is 18.2 Å². The van der Waals surface area contributed by atoms with E-state index in [1.165, 1.54) is 30.5 Å². The van der Waals surface area contributed by atoms with Gasteiger partial charge in [-0.3, -0.25) is 20.2 Å². The van der Waals surface area contributed by atoms with Gasteiger partial charge in [-0.05, 0) is 36.4 Å². The molecule has 3 aromatic rings. The van der Waals surface area contributed by atoms with Gasteiger partial charge >= 0.3 is 0 Å². The highest BCUT2D eigenvalue weighted by molar-refractivity contribution is 6.09. The smallest absolute Gasteiger partial charge is 0.269 e. The van der Waals surface area contributed by atoms with Crippen molar-refractivity contribution in [1.29, 1.82) is 0 Å². The van der Waals surface area contributed by atoms with E-state index >= 15 is 0 Å². The number of carbonyl (C=O) groups is 1. The molecule has 136 valence electrons. The fourth-order valence-electron chi connectivity index (χ4n) is 2.24.